The molecule has 0 amide bonds. The van der Waals surface area contributed by atoms with E-state index in [9.17, 15) is 0 Å². The Labute approximate surface area is 88.7 Å². The van der Waals surface area contributed by atoms with Crippen molar-refractivity contribution in [3.63, 3.8) is 0 Å². The van der Waals surface area contributed by atoms with Crippen molar-refractivity contribution in [1.29, 1.82) is 0 Å². The van der Waals surface area contributed by atoms with Crippen molar-refractivity contribution in [3.8, 4) is 0 Å². The van der Waals surface area contributed by atoms with Gasteiger partial charge in [-0.05, 0) is 37.5 Å². The fraction of sp³-hybridized carbons (Fsp3) is 1.00. The minimum atomic E-state index is 0.863. The molecule has 1 N–H and O–H groups in total. The molecule has 0 aromatic carbocycles. The molecule has 2 fully saturated rings. The van der Waals surface area contributed by atoms with E-state index in [1.165, 1.54) is 44.9 Å². The summed E-state index contributed by atoms with van der Waals surface area (Å²) >= 11 is 0. The van der Waals surface area contributed by atoms with Gasteiger partial charge >= 0.3 is 0 Å². The SMILES string of the molecule is CC(C)C1CC(NC2CCCCC2)C1. The third-order valence-corrected chi connectivity index (χ3v) is 4.19. The Bertz CT molecular complexity index is 164. The average Bonchev–Trinajstić information content (AvgIpc) is 2.12. The van der Waals surface area contributed by atoms with E-state index in [-0.39, 0.29) is 0 Å². The van der Waals surface area contributed by atoms with Crippen molar-refractivity contribution in [3.05, 3.63) is 0 Å². The van der Waals surface area contributed by atoms with Crippen molar-refractivity contribution in [1.82, 2.24) is 5.32 Å². The Morgan fingerprint density at radius 3 is 2.14 bits per heavy atom. The van der Waals surface area contributed by atoms with Gasteiger partial charge in [0.05, 0.1) is 0 Å². The fourth-order valence-electron chi connectivity index (χ4n) is 2.94. The Morgan fingerprint density at radius 2 is 1.57 bits per heavy atom. The van der Waals surface area contributed by atoms with Gasteiger partial charge in [0.1, 0.15) is 0 Å². The highest BCUT2D eigenvalue weighted by molar-refractivity contribution is 4.89. The molecule has 0 aliphatic heterocycles. The quantitative estimate of drug-likeness (QED) is 0.728. The molecular formula is C13H25N. The number of rotatable bonds is 3. The molecule has 1 heteroatoms. The van der Waals surface area contributed by atoms with Crippen LogP contribution in [0.4, 0.5) is 0 Å². The molecule has 82 valence electrons. The van der Waals surface area contributed by atoms with Gasteiger partial charge in [0, 0.05) is 12.1 Å². The third-order valence-electron chi connectivity index (χ3n) is 4.19. The van der Waals surface area contributed by atoms with E-state index in [4.69, 9.17) is 0 Å². The van der Waals surface area contributed by atoms with Crippen LogP contribution in [0.2, 0.25) is 0 Å². The van der Waals surface area contributed by atoms with Crippen LogP contribution < -0.4 is 5.32 Å². The molecule has 0 atom stereocenters. The van der Waals surface area contributed by atoms with Gasteiger partial charge < -0.3 is 5.32 Å². The highest BCUT2D eigenvalue weighted by Gasteiger charge is 2.32. The first kappa shape index (κ1) is 10.5. The maximum atomic E-state index is 3.84. The monoisotopic (exact) mass is 195 g/mol. The number of hydrogen-bond donors (Lipinski definition) is 1. The summed E-state index contributed by atoms with van der Waals surface area (Å²) in [5.41, 5.74) is 0. The average molecular weight is 195 g/mol. The predicted octanol–water partition coefficient (Wildman–Crippen LogP) is 3.34. The van der Waals surface area contributed by atoms with Crippen LogP contribution in [-0.2, 0) is 0 Å². The summed E-state index contributed by atoms with van der Waals surface area (Å²) < 4.78 is 0. The Balaban J connectivity index is 1.63. The van der Waals surface area contributed by atoms with Crippen LogP contribution in [0.25, 0.3) is 0 Å². The summed E-state index contributed by atoms with van der Waals surface area (Å²) in [6, 6.07) is 1.73. The number of hydrogen-bond acceptors (Lipinski definition) is 1. The summed E-state index contributed by atoms with van der Waals surface area (Å²) in [6.45, 7) is 4.73. The molecule has 0 radical (unpaired) electrons. The van der Waals surface area contributed by atoms with Gasteiger partial charge in [0.15, 0.2) is 0 Å². The van der Waals surface area contributed by atoms with Crippen molar-refractivity contribution in [2.75, 3.05) is 0 Å². The van der Waals surface area contributed by atoms with Gasteiger partial charge in [0.2, 0.25) is 0 Å². The third kappa shape index (κ3) is 2.50. The first-order valence-electron chi connectivity index (χ1n) is 6.51. The smallest absolute Gasteiger partial charge is 0.00751 e. The first-order chi connectivity index (χ1) is 6.75. The summed E-state index contributed by atoms with van der Waals surface area (Å²) in [7, 11) is 0. The van der Waals surface area contributed by atoms with Crippen LogP contribution in [0, 0.1) is 11.8 Å². The maximum absolute atomic E-state index is 3.84. The van der Waals surface area contributed by atoms with Gasteiger partial charge in [-0.3, -0.25) is 0 Å². The Kier molecular flexibility index (Phi) is 3.48. The van der Waals surface area contributed by atoms with Gasteiger partial charge in [0.25, 0.3) is 0 Å². The van der Waals surface area contributed by atoms with Crippen LogP contribution in [-0.4, -0.2) is 12.1 Å². The zero-order valence-corrected chi connectivity index (χ0v) is 9.76. The van der Waals surface area contributed by atoms with Gasteiger partial charge in [-0.2, -0.15) is 0 Å². The van der Waals surface area contributed by atoms with E-state index < -0.39 is 0 Å². The summed E-state index contributed by atoms with van der Waals surface area (Å²) in [4.78, 5) is 0. The largest absolute Gasteiger partial charge is 0.311 e. The topological polar surface area (TPSA) is 12.0 Å². The molecule has 14 heavy (non-hydrogen) atoms. The van der Waals surface area contributed by atoms with E-state index in [2.05, 4.69) is 19.2 Å². The second kappa shape index (κ2) is 4.65. The van der Waals surface area contributed by atoms with E-state index in [0.717, 1.165) is 23.9 Å². The Morgan fingerprint density at radius 1 is 0.929 bits per heavy atom. The van der Waals surface area contributed by atoms with Crippen molar-refractivity contribution in [2.45, 2.75) is 70.9 Å². The molecule has 2 saturated carbocycles. The lowest BCUT2D eigenvalue weighted by Gasteiger charge is -2.41. The van der Waals surface area contributed by atoms with Gasteiger partial charge in [-0.15, -0.1) is 0 Å². The predicted molar refractivity (Wildman–Crippen MR) is 61.4 cm³/mol. The molecule has 2 aliphatic carbocycles. The fourth-order valence-corrected chi connectivity index (χ4v) is 2.94. The lowest BCUT2D eigenvalue weighted by molar-refractivity contribution is 0.149. The normalized spacial score (nSPS) is 34.5. The summed E-state index contributed by atoms with van der Waals surface area (Å²) in [6.07, 6.45) is 10.1. The molecule has 0 saturated heterocycles. The minimum Gasteiger partial charge on any atom is -0.311 e. The van der Waals surface area contributed by atoms with Crippen LogP contribution in [0.5, 0.6) is 0 Å². The molecule has 1 nitrogen and oxygen atoms in total. The molecule has 0 spiro atoms. The van der Waals surface area contributed by atoms with E-state index >= 15 is 0 Å². The molecule has 2 rings (SSSR count). The second-order valence-corrected chi connectivity index (χ2v) is 5.67. The first-order valence-corrected chi connectivity index (χ1v) is 6.51. The molecule has 0 bridgehead atoms. The van der Waals surface area contributed by atoms with Crippen LogP contribution in [0.1, 0.15) is 58.8 Å². The van der Waals surface area contributed by atoms with E-state index in [1.54, 1.807) is 0 Å². The highest BCUT2D eigenvalue weighted by atomic mass is 15.0. The highest BCUT2D eigenvalue weighted by Crippen LogP contribution is 2.34. The van der Waals surface area contributed by atoms with Gasteiger partial charge in [-0.25, -0.2) is 0 Å². The van der Waals surface area contributed by atoms with E-state index in [0.29, 0.717) is 0 Å². The lowest BCUT2D eigenvalue weighted by atomic mass is 9.73. The molecular weight excluding hydrogens is 170 g/mol. The maximum Gasteiger partial charge on any atom is 0.00751 e. The molecule has 0 unspecified atom stereocenters. The summed E-state index contributed by atoms with van der Waals surface area (Å²) in [5, 5.41) is 3.84. The number of nitrogens with one attached hydrogen (secondary N) is 1. The second-order valence-electron chi connectivity index (χ2n) is 5.67. The zero-order chi connectivity index (χ0) is 9.97. The lowest BCUT2D eigenvalue weighted by Crippen LogP contribution is -2.48. The van der Waals surface area contributed by atoms with Crippen molar-refractivity contribution in [2.24, 2.45) is 11.8 Å². The van der Waals surface area contributed by atoms with Gasteiger partial charge in [-0.1, -0.05) is 33.1 Å². The van der Waals surface area contributed by atoms with E-state index in [1.807, 2.05) is 0 Å². The van der Waals surface area contributed by atoms with Crippen LogP contribution in [0.15, 0.2) is 0 Å². The minimum absolute atomic E-state index is 0.863. The molecule has 0 aromatic rings. The molecule has 0 heterocycles. The van der Waals surface area contributed by atoms with Crippen molar-refractivity contribution >= 4 is 0 Å². The van der Waals surface area contributed by atoms with Crippen molar-refractivity contribution < 1.29 is 0 Å². The van der Waals surface area contributed by atoms with Crippen LogP contribution >= 0.6 is 0 Å². The standard InChI is InChI=1S/C13H25N/c1-10(2)11-8-13(9-11)14-12-6-4-3-5-7-12/h10-14H,3-9H2,1-2H3. The Hall–Kier alpha value is -0.0400. The molecule has 0 aromatic heterocycles. The van der Waals surface area contributed by atoms with Crippen LogP contribution in [0.3, 0.4) is 0 Å². The molecule has 2 aliphatic rings. The zero-order valence-electron chi connectivity index (χ0n) is 9.76. The summed E-state index contributed by atoms with van der Waals surface area (Å²) in [5.74, 6) is 1.91.